The molecule has 2 aromatic carbocycles. The average Bonchev–Trinajstić information content (AvgIpc) is 3.63. The zero-order chi connectivity index (χ0) is 25.9. The van der Waals surface area contributed by atoms with Crippen molar-refractivity contribution in [3.8, 4) is 0 Å². The van der Waals surface area contributed by atoms with Gasteiger partial charge in [0.25, 0.3) is 0 Å². The number of fused-ring (bicyclic) bond motifs is 2. The van der Waals surface area contributed by atoms with Gasteiger partial charge in [0, 0.05) is 35.9 Å². The van der Waals surface area contributed by atoms with Crippen LogP contribution in [-0.4, -0.2) is 21.2 Å². The predicted octanol–water partition coefficient (Wildman–Crippen LogP) is 2.37. The fraction of sp³-hybridized carbons (Fsp3) is 0.294. The summed E-state index contributed by atoms with van der Waals surface area (Å²) in [6, 6.07) is 21.8. The number of anilines is 2. The molecule has 0 bridgehead atoms. The minimum atomic E-state index is -2.06. The van der Waals surface area contributed by atoms with Crippen LogP contribution >= 0.6 is 0 Å². The smallest absolute Gasteiger partial charge is 1.00 e. The summed E-state index contributed by atoms with van der Waals surface area (Å²) in [5.74, 6) is 0.988. The van der Waals surface area contributed by atoms with E-state index < -0.39 is 8.07 Å². The Balaban J connectivity index is 0.00000147. The fourth-order valence-electron chi connectivity index (χ4n) is 6.72. The average molecular weight is 665 g/mol. The van der Waals surface area contributed by atoms with Gasteiger partial charge in [-0.25, -0.2) is 0 Å². The van der Waals surface area contributed by atoms with Crippen LogP contribution in [0.1, 0.15) is 27.7 Å². The van der Waals surface area contributed by atoms with E-state index in [0.29, 0.717) is 11.8 Å². The molecule has 0 N–H and O–H groups in total. The van der Waals surface area contributed by atoms with Gasteiger partial charge in [-0.1, -0.05) is 89.3 Å². The van der Waals surface area contributed by atoms with Crippen molar-refractivity contribution in [1.82, 2.24) is 0 Å². The van der Waals surface area contributed by atoms with Crippen LogP contribution in [0.15, 0.2) is 129 Å². The van der Waals surface area contributed by atoms with Gasteiger partial charge in [0.1, 0.15) is 8.07 Å². The molecule has 2 aromatic rings. The molecule has 0 amide bonds. The maximum Gasteiger partial charge on any atom is 2.00 e. The Hall–Kier alpha value is -1.84. The molecule has 0 unspecified atom stereocenters. The van der Waals surface area contributed by atoms with Crippen LogP contribution in [0, 0.1) is 11.8 Å². The Kier molecular flexibility index (Phi) is 10.3. The van der Waals surface area contributed by atoms with E-state index in [4.69, 9.17) is 0 Å². The summed E-state index contributed by atoms with van der Waals surface area (Å²) in [4.78, 5) is 4.99. The maximum absolute atomic E-state index is 2.61. The van der Waals surface area contributed by atoms with Crippen molar-refractivity contribution in [3.63, 3.8) is 0 Å². The molecule has 2 heterocycles. The fourth-order valence-corrected chi connectivity index (χ4v) is 10.9. The van der Waals surface area contributed by atoms with Crippen LogP contribution in [0.3, 0.4) is 0 Å². The van der Waals surface area contributed by atoms with Gasteiger partial charge in [-0.05, 0) is 80.9 Å². The third-order valence-corrected chi connectivity index (χ3v) is 12.0. The van der Waals surface area contributed by atoms with Crippen molar-refractivity contribution in [1.29, 1.82) is 0 Å². The monoisotopic (exact) mass is 662 g/mol. The van der Waals surface area contributed by atoms with Gasteiger partial charge >= 0.3 is 26.2 Å². The van der Waals surface area contributed by atoms with Gasteiger partial charge in [0.2, 0.25) is 0 Å². The first-order valence-corrected chi connectivity index (χ1v) is 16.8. The molecule has 40 heavy (non-hydrogen) atoms. The minimum Gasteiger partial charge on any atom is -1.00 e. The predicted molar refractivity (Wildman–Crippen MR) is 161 cm³/mol. The summed E-state index contributed by atoms with van der Waals surface area (Å²) in [6.07, 6.45) is 10.0. The van der Waals surface area contributed by atoms with E-state index in [-0.39, 0.29) is 51.0 Å². The van der Waals surface area contributed by atoms with E-state index >= 15 is 0 Å². The van der Waals surface area contributed by atoms with Crippen LogP contribution in [0.2, 0.25) is 13.1 Å². The number of rotatable bonds is 6. The molecule has 0 aromatic heterocycles. The van der Waals surface area contributed by atoms with Crippen LogP contribution in [0.5, 0.6) is 0 Å². The normalized spacial score (nSPS) is 17.7. The van der Waals surface area contributed by atoms with Crippen molar-refractivity contribution >= 4 is 19.4 Å². The largest absolute Gasteiger partial charge is 2.00 e. The van der Waals surface area contributed by atoms with Gasteiger partial charge in [-0.15, -0.1) is 0 Å². The Bertz CT molecular complexity index is 1340. The third kappa shape index (κ3) is 5.26. The van der Waals surface area contributed by atoms with Gasteiger partial charge < -0.3 is 34.6 Å². The van der Waals surface area contributed by atoms with Crippen molar-refractivity contribution in [2.24, 2.45) is 11.8 Å². The number of hydrogen-bond acceptors (Lipinski definition) is 2. The van der Waals surface area contributed by atoms with Crippen molar-refractivity contribution in [2.45, 2.75) is 40.8 Å². The first-order valence-electron chi connectivity index (χ1n) is 13.8. The zero-order valence-corrected chi connectivity index (χ0v) is 29.3. The molecule has 4 aliphatic rings. The molecule has 206 valence electrons. The molecule has 0 radical (unpaired) electrons. The maximum atomic E-state index is 2.61. The molecule has 0 spiro atoms. The Morgan fingerprint density at radius 1 is 0.600 bits per heavy atom. The molecule has 2 aliphatic heterocycles. The van der Waals surface area contributed by atoms with E-state index in [1.165, 1.54) is 33.9 Å². The van der Waals surface area contributed by atoms with Crippen molar-refractivity contribution < 1.29 is 51.0 Å². The van der Waals surface area contributed by atoms with Crippen LogP contribution in [0.4, 0.5) is 11.4 Å². The second kappa shape index (κ2) is 12.6. The molecular weight excluding hydrogens is 627 g/mol. The van der Waals surface area contributed by atoms with E-state index in [2.05, 4.69) is 136 Å². The van der Waals surface area contributed by atoms with Gasteiger partial charge in [-0.3, -0.25) is 0 Å². The summed E-state index contributed by atoms with van der Waals surface area (Å²) >= 11 is 0. The number of hydrogen-bond donors (Lipinski definition) is 0. The second-order valence-electron chi connectivity index (χ2n) is 11.8. The Labute approximate surface area is 273 Å². The minimum absolute atomic E-state index is 0. The molecular formula is C34H38Cl2N2SiZr. The summed E-state index contributed by atoms with van der Waals surface area (Å²) in [5, 5.41) is 3.30. The number of benzene rings is 2. The first kappa shape index (κ1) is 32.7. The van der Waals surface area contributed by atoms with E-state index in [0.717, 1.165) is 13.1 Å². The first-order chi connectivity index (χ1) is 17.8. The topological polar surface area (TPSA) is 6.48 Å². The van der Waals surface area contributed by atoms with E-state index in [9.17, 15) is 0 Å². The summed E-state index contributed by atoms with van der Waals surface area (Å²) in [6.45, 7) is 16.6. The SMILES string of the molecule is CC(C)C1=C([Si](C)(C)C2=C(C(C)C)C=C3C2=CCN3c2ccccc2)C2=CCN(c3ccccc3)C2=C1.[Cl-].[Cl-].[Zr+2]. The van der Waals surface area contributed by atoms with Gasteiger partial charge in [0.15, 0.2) is 0 Å². The quantitative estimate of drug-likeness (QED) is 0.438. The number of halogens is 2. The Morgan fingerprint density at radius 2 is 0.950 bits per heavy atom. The molecule has 0 saturated carbocycles. The Morgan fingerprint density at radius 3 is 1.27 bits per heavy atom. The molecule has 6 rings (SSSR count). The molecule has 6 heteroatoms. The molecule has 2 aliphatic carbocycles. The summed E-state index contributed by atoms with van der Waals surface area (Å²) in [5.41, 5.74) is 11.4. The second-order valence-corrected chi connectivity index (χ2v) is 16.0. The van der Waals surface area contributed by atoms with Crippen LogP contribution < -0.4 is 34.6 Å². The van der Waals surface area contributed by atoms with Gasteiger partial charge in [0.05, 0.1) is 0 Å². The molecule has 0 saturated heterocycles. The number of allylic oxidation sites excluding steroid dienone is 6. The number of para-hydroxylation sites is 2. The van der Waals surface area contributed by atoms with Crippen molar-refractivity contribution in [2.75, 3.05) is 22.9 Å². The zero-order valence-electron chi connectivity index (χ0n) is 24.3. The van der Waals surface area contributed by atoms with E-state index in [1.54, 1.807) is 21.5 Å². The van der Waals surface area contributed by atoms with Crippen LogP contribution in [0.25, 0.3) is 0 Å². The number of nitrogens with zero attached hydrogens (tertiary/aromatic N) is 2. The summed E-state index contributed by atoms with van der Waals surface area (Å²) in [7, 11) is -2.06. The standard InChI is InChI=1S/C34H38N2Si.2ClH.Zr/c1-23(2)29-21-31-27(17-19-35(31)25-13-9-7-10-14-25)33(29)37(5,6)34-28-18-20-36(26-15-11-8-12-16-26)32(28)22-30(34)24(3)4;;;/h7-18,21-24H,19-20H2,1-6H3;2*1H;/q;;;+2/p-2. The molecule has 0 atom stereocenters. The third-order valence-electron chi connectivity index (χ3n) is 8.42. The van der Waals surface area contributed by atoms with E-state index in [1.807, 2.05) is 0 Å². The van der Waals surface area contributed by atoms with Gasteiger partial charge in [-0.2, -0.15) is 0 Å². The van der Waals surface area contributed by atoms with Crippen LogP contribution in [-0.2, 0) is 26.2 Å². The molecule has 0 fully saturated rings. The molecule has 2 nitrogen and oxygen atoms in total. The van der Waals surface area contributed by atoms with Crippen molar-refractivity contribution in [3.05, 3.63) is 129 Å². The summed E-state index contributed by atoms with van der Waals surface area (Å²) < 4.78 is 0.